The quantitative estimate of drug-likeness (QED) is 0.884. The Morgan fingerprint density at radius 2 is 2.13 bits per heavy atom. The molecule has 0 aliphatic carbocycles. The van der Waals surface area contributed by atoms with E-state index in [4.69, 9.17) is 21.5 Å². The summed E-state index contributed by atoms with van der Waals surface area (Å²) in [4.78, 5) is -0.113. The van der Waals surface area contributed by atoms with Gasteiger partial charge in [-0.05, 0) is 18.6 Å². The third-order valence-electron chi connectivity index (χ3n) is 1.68. The first-order valence-corrected chi connectivity index (χ1v) is 6.32. The largest absolute Gasteiger partial charge is 0.494 e. The molecule has 0 aliphatic rings. The molecule has 0 saturated heterocycles. The Labute approximate surface area is 94.0 Å². The van der Waals surface area contributed by atoms with Crippen molar-refractivity contribution in [3.63, 3.8) is 0 Å². The Kier molecular flexibility index (Phi) is 3.96. The second-order valence-corrected chi connectivity index (χ2v) is 4.92. The van der Waals surface area contributed by atoms with Gasteiger partial charge in [0, 0.05) is 6.07 Å². The predicted octanol–water partition coefficient (Wildman–Crippen LogP) is 1.78. The standard InChI is InChI=1S/C9H12ClNO3S/c1-2-5-14-7-3-4-8(10)9(6-7)15(11,12)13/h3-4,6H,2,5H2,1H3,(H2,11,12,13). The molecule has 0 aromatic heterocycles. The lowest BCUT2D eigenvalue weighted by Gasteiger charge is -2.07. The normalized spacial score (nSPS) is 11.4. The molecule has 84 valence electrons. The molecule has 0 unspecified atom stereocenters. The molecule has 0 radical (unpaired) electrons. The number of hydrogen-bond donors (Lipinski definition) is 1. The molecular weight excluding hydrogens is 238 g/mol. The molecule has 0 aliphatic heterocycles. The van der Waals surface area contributed by atoms with E-state index < -0.39 is 10.0 Å². The van der Waals surface area contributed by atoms with Crippen LogP contribution in [0.25, 0.3) is 0 Å². The molecule has 0 heterocycles. The summed E-state index contributed by atoms with van der Waals surface area (Å²) in [6.45, 7) is 2.47. The number of benzene rings is 1. The van der Waals surface area contributed by atoms with Gasteiger partial charge in [-0.2, -0.15) is 0 Å². The van der Waals surface area contributed by atoms with Crippen LogP contribution in [0.2, 0.25) is 5.02 Å². The lowest BCUT2D eigenvalue weighted by atomic mass is 10.3. The fourth-order valence-electron chi connectivity index (χ4n) is 1.01. The van der Waals surface area contributed by atoms with E-state index in [1.165, 1.54) is 12.1 Å². The Morgan fingerprint density at radius 1 is 1.47 bits per heavy atom. The second kappa shape index (κ2) is 4.83. The minimum atomic E-state index is -3.79. The number of sulfonamides is 1. The monoisotopic (exact) mass is 249 g/mol. The molecule has 2 N–H and O–H groups in total. The van der Waals surface area contributed by atoms with Gasteiger partial charge in [-0.1, -0.05) is 18.5 Å². The number of ether oxygens (including phenoxy) is 1. The second-order valence-electron chi connectivity index (χ2n) is 2.99. The van der Waals surface area contributed by atoms with E-state index in [-0.39, 0.29) is 9.92 Å². The Hall–Kier alpha value is -0.780. The van der Waals surface area contributed by atoms with Gasteiger partial charge in [-0.3, -0.25) is 0 Å². The van der Waals surface area contributed by atoms with Crippen LogP contribution in [-0.2, 0) is 10.0 Å². The maximum atomic E-state index is 11.1. The van der Waals surface area contributed by atoms with Gasteiger partial charge in [0.05, 0.1) is 11.6 Å². The molecule has 0 amide bonds. The van der Waals surface area contributed by atoms with Crippen molar-refractivity contribution in [2.75, 3.05) is 6.61 Å². The third kappa shape index (κ3) is 3.37. The first-order valence-electron chi connectivity index (χ1n) is 4.40. The fourth-order valence-corrected chi connectivity index (χ4v) is 2.07. The molecule has 0 spiro atoms. The van der Waals surface area contributed by atoms with Gasteiger partial charge in [0.25, 0.3) is 0 Å². The van der Waals surface area contributed by atoms with Crippen LogP contribution >= 0.6 is 11.6 Å². The van der Waals surface area contributed by atoms with Crippen molar-refractivity contribution in [2.24, 2.45) is 5.14 Å². The van der Waals surface area contributed by atoms with Crippen LogP contribution in [0, 0.1) is 0 Å². The van der Waals surface area contributed by atoms with Gasteiger partial charge < -0.3 is 4.74 Å². The van der Waals surface area contributed by atoms with Crippen LogP contribution in [0.5, 0.6) is 5.75 Å². The Bertz CT molecular complexity index is 445. The van der Waals surface area contributed by atoms with Gasteiger partial charge in [-0.25, -0.2) is 13.6 Å². The average molecular weight is 250 g/mol. The first kappa shape index (κ1) is 12.3. The number of hydrogen-bond acceptors (Lipinski definition) is 3. The molecule has 6 heteroatoms. The molecule has 0 bridgehead atoms. The highest BCUT2D eigenvalue weighted by Gasteiger charge is 2.13. The molecule has 0 fully saturated rings. The van der Waals surface area contributed by atoms with Crippen molar-refractivity contribution < 1.29 is 13.2 Å². The summed E-state index contributed by atoms with van der Waals surface area (Å²) < 4.78 is 27.5. The smallest absolute Gasteiger partial charge is 0.239 e. The van der Waals surface area contributed by atoms with Gasteiger partial charge in [-0.15, -0.1) is 0 Å². The fraction of sp³-hybridized carbons (Fsp3) is 0.333. The number of nitrogens with two attached hydrogens (primary N) is 1. The zero-order chi connectivity index (χ0) is 11.5. The lowest BCUT2D eigenvalue weighted by molar-refractivity contribution is 0.316. The molecule has 1 rings (SSSR count). The maximum absolute atomic E-state index is 11.1. The summed E-state index contributed by atoms with van der Waals surface area (Å²) in [7, 11) is -3.79. The van der Waals surface area contributed by atoms with Gasteiger partial charge in [0.2, 0.25) is 10.0 Å². The van der Waals surface area contributed by atoms with E-state index in [1.54, 1.807) is 6.07 Å². The molecule has 1 aromatic rings. The molecule has 0 saturated carbocycles. The topological polar surface area (TPSA) is 69.4 Å². The molecule has 0 atom stereocenters. The van der Waals surface area contributed by atoms with Crippen molar-refractivity contribution in [1.82, 2.24) is 0 Å². The number of halogens is 1. The van der Waals surface area contributed by atoms with Crippen molar-refractivity contribution in [2.45, 2.75) is 18.2 Å². The van der Waals surface area contributed by atoms with Crippen molar-refractivity contribution in [1.29, 1.82) is 0 Å². The zero-order valence-electron chi connectivity index (χ0n) is 8.23. The van der Waals surface area contributed by atoms with E-state index >= 15 is 0 Å². The van der Waals surface area contributed by atoms with Crippen LogP contribution in [0.4, 0.5) is 0 Å². The SMILES string of the molecule is CCCOc1ccc(Cl)c(S(N)(=O)=O)c1. The molecule has 1 aromatic carbocycles. The zero-order valence-corrected chi connectivity index (χ0v) is 9.81. The van der Waals surface area contributed by atoms with E-state index in [1.807, 2.05) is 6.92 Å². The molecule has 15 heavy (non-hydrogen) atoms. The van der Waals surface area contributed by atoms with Crippen molar-refractivity contribution in [3.8, 4) is 5.75 Å². The lowest BCUT2D eigenvalue weighted by Crippen LogP contribution is -2.13. The minimum Gasteiger partial charge on any atom is -0.494 e. The number of rotatable bonds is 4. The van der Waals surface area contributed by atoms with E-state index in [0.29, 0.717) is 12.4 Å². The van der Waals surface area contributed by atoms with Crippen LogP contribution in [0.3, 0.4) is 0 Å². The van der Waals surface area contributed by atoms with E-state index in [9.17, 15) is 8.42 Å². The highest BCUT2D eigenvalue weighted by Crippen LogP contribution is 2.25. The van der Waals surface area contributed by atoms with Crippen molar-refractivity contribution >= 4 is 21.6 Å². The molecule has 4 nitrogen and oxygen atoms in total. The minimum absolute atomic E-state index is 0.0985. The van der Waals surface area contributed by atoms with E-state index in [0.717, 1.165) is 6.42 Å². The predicted molar refractivity (Wildman–Crippen MR) is 58.6 cm³/mol. The van der Waals surface area contributed by atoms with Crippen LogP contribution in [0.1, 0.15) is 13.3 Å². The summed E-state index contributed by atoms with van der Waals surface area (Å²) in [6, 6.07) is 4.38. The molecular formula is C9H12ClNO3S. The highest BCUT2D eigenvalue weighted by atomic mass is 35.5. The maximum Gasteiger partial charge on any atom is 0.239 e. The first-order chi connectivity index (χ1) is 6.95. The summed E-state index contributed by atoms with van der Waals surface area (Å²) in [6.07, 6.45) is 0.841. The summed E-state index contributed by atoms with van der Waals surface area (Å²) in [5.74, 6) is 0.449. The Balaban J connectivity index is 3.06. The van der Waals surface area contributed by atoms with Crippen LogP contribution in [0.15, 0.2) is 23.1 Å². The highest BCUT2D eigenvalue weighted by molar-refractivity contribution is 7.89. The third-order valence-corrected chi connectivity index (χ3v) is 3.07. The van der Waals surface area contributed by atoms with Crippen molar-refractivity contribution in [3.05, 3.63) is 23.2 Å². The summed E-state index contributed by atoms with van der Waals surface area (Å²) in [5.41, 5.74) is 0. The number of primary sulfonamides is 1. The summed E-state index contributed by atoms with van der Waals surface area (Å²) in [5, 5.41) is 5.09. The van der Waals surface area contributed by atoms with Gasteiger partial charge >= 0.3 is 0 Å². The van der Waals surface area contributed by atoms with Gasteiger partial charge in [0.1, 0.15) is 10.6 Å². The van der Waals surface area contributed by atoms with E-state index in [2.05, 4.69) is 0 Å². The van der Waals surface area contributed by atoms with Crippen LogP contribution in [-0.4, -0.2) is 15.0 Å². The van der Waals surface area contributed by atoms with Gasteiger partial charge in [0.15, 0.2) is 0 Å². The summed E-state index contributed by atoms with van der Waals surface area (Å²) >= 11 is 5.70. The Morgan fingerprint density at radius 3 is 2.67 bits per heavy atom. The average Bonchev–Trinajstić information content (AvgIpc) is 2.15. The van der Waals surface area contributed by atoms with Crippen LogP contribution < -0.4 is 9.88 Å².